The molecule has 0 N–H and O–H groups in total. The largest absolute Gasteiger partial charge is 0.444 e. The molecular formula is C23H35N3O4. The first kappa shape index (κ1) is 22.4. The molecule has 0 bridgehead atoms. The van der Waals surface area contributed by atoms with Gasteiger partial charge in [-0.15, -0.1) is 0 Å². The normalized spacial score (nSPS) is 19.9. The van der Waals surface area contributed by atoms with Crippen LogP contribution in [0.25, 0.3) is 0 Å². The Labute approximate surface area is 179 Å². The van der Waals surface area contributed by atoms with E-state index in [1.54, 1.807) is 16.0 Å². The summed E-state index contributed by atoms with van der Waals surface area (Å²) in [6.07, 6.45) is 5.62. The molecule has 30 heavy (non-hydrogen) atoms. The summed E-state index contributed by atoms with van der Waals surface area (Å²) in [5, 5.41) is 0. The number of pyridine rings is 1. The van der Waals surface area contributed by atoms with Crippen LogP contribution in [0.15, 0.2) is 18.3 Å². The second kappa shape index (κ2) is 8.44. The smallest absolute Gasteiger partial charge is 0.416 e. The fraction of sp³-hybridized carbons (Fsp3) is 0.696. The van der Waals surface area contributed by atoms with Crippen molar-refractivity contribution in [3.05, 3.63) is 23.9 Å². The lowest BCUT2D eigenvalue weighted by Crippen LogP contribution is -2.48. The van der Waals surface area contributed by atoms with Gasteiger partial charge in [0.2, 0.25) is 0 Å². The van der Waals surface area contributed by atoms with Crippen molar-refractivity contribution < 1.29 is 19.1 Å². The summed E-state index contributed by atoms with van der Waals surface area (Å²) in [4.78, 5) is 34.0. The lowest BCUT2D eigenvalue weighted by atomic mass is 9.91. The van der Waals surface area contributed by atoms with Crippen LogP contribution < -0.4 is 4.90 Å². The molecule has 1 aliphatic carbocycles. The average molecular weight is 418 g/mol. The van der Waals surface area contributed by atoms with E-state index in [4.69, 9.17) is 9.47 Å². The van der Waals surface area contributed by atoms with Gasteiger partial charge in [0.1, 0.15) is 17.0 Å². The Morgan fingerprint density at radius 3 is 2.27 bits per heavy atom. The molecule has 2 heterocycles. The van der Waals surface area contributed by atoms with Gasteiger partial charge in [0.25, 0.3) is 0 Å². The van der Waals surface area contributed by atoms with Gasteiger partial charge in [-0.05, 0) is 79.7 Å². The van der Waals surface area contributed by atoms with Gasteiger partial charge in [-0.1, -0.05) is 6.07 Å². The summed E-state index contributed by atoms with van der Waals surface area (Å²) in [6, 6.07) is 3.72. The Morgan fingerprint density at radius 1 is 1.03 bits per heavy atom. The maximum Gasteiger partial charge on any atom is 0.416 e. The molecule has 0 radical (unpaired) electrons. The summed E-state index contributed by atoms with van der Waals surface area (Å²) in [5.41, 5.74) is -0.279. The predicted molar refractivity (Wildman–Crippen MR) is 116 cm³/mol. The predicted octanol–water partition coefficient (Wildman–Crippen LogP) is 5.45. The van der Waals surface area contributed by atoms with Gasteiger partial charge >= 0.3 is 12.2 Å². The Bertz CT molecular complexity index is 777. The first-order valence-corrected chi connectivity index (χ1v) is 10.9. The van der Waals surface area contributed by atoms with Crippen LogP contribution in [-0.4, -0.2) is 45.9 Å². The second-order valence-corrected chi connectivity index (χ2v) is 10.2. The minimum Gasteiger partial charge on any atom is -0.444 e. The molecule has 0 aromatic carbocycles. The van der Waals surface area contributed by atoms with E-state index in [9.17, 15) is 9.59 Å². The third kappa shape index (κ3) is 5.24. The van der Waals surface area contributed by atoms with Gasteiger partial charge in [0.05, 0.1) is 6.04 Å². The number of hydrogen-bond acceptors (Lipinski definition) is 5. The summed E-state index contributed by atoms with van der Waals surface area (Å²) in [6.45, 7) is 11.8. The highest BCUT2D eigenvalue weighted by atomic mass is 16.6. The zero-order valence-electron chi connectivity index (χ0n) is 19.1. The SMILES string of the molecule is CC(C)(C)OC(=O)N(c1ncccc1[C@H]1CCCN1C(=O)OC(C)(C)C)C1CCC1. The summed E-state index contributed by atoms with van der Waals surface area (Å²) < 4.78 is 11.3. The van der Waals surface area contributed by atoms with Crippen molar-refractivity contribution in [2.45, 2.75) is 96.9 Å². The van der Waals surface area contributed by atoms with E-state index in [1.165, 1.54) is 0 Å². The van der Waals surface area contributed by atoms with Gasteiger partial charge in [-0.3, -0.25) is 4.90 Å². The highest BCUT2D eigenvalue weighted by Crippen LogP contribution is 2.40. The molecule has 166 valence electrons. The lowest BCUT2D eigenvalue weighted by Gasteiger charge is -2.39. The van der Waals surface area contributed by atoms with Crippen LogP contribution in [-0.2, 0) is 9.47 Å². The maximum absolute atomic E-state index is 13.1. The molecule has 0 spiro atoms. The molecule has 2 fully saturated rings. The molecule has 1 atom stereocenters. The number of rotatable bonds is 3. The number of carbonyl (C=O) groups is 2. The number of carbonyl (C=O) groups excluding carboxylic acids is 2. The molecule has 1 saturated heterocycles. The molecule has 1 saturated carbocycles. The van der Waals surface area contributed by atoms with E-state index in [0.29, 0.717) is 12.4 Å². The Balaban J connectivity index is 1.93. The van der Waals surface area contributed by atoms with Gasteiger partial charge < -0.3 is 14.4 Å². The maximum atomic E-state index is 13.1. The van der Waals surface area contributed by atoms with Crippen LogP contribution in [0.4, 0.5) is 15.4 Å². The van der Waals surface area contributed by atoms with E-state index < -0.39 is 11.2 Å². The second-order valence-electron chi connectivity index (χ2n) is 10.2. The molecule has 2 amide bonds. The van der Waals surface area contributed by atoms with Crippen molar-refractivity contribution in [2.24, 2.45) is 0 Å². The van der Waals surface area contributed by atoms with Crippen LogP contribution in [0.3, 0.4) is 0 Å². The molecule has 3 rings (SSSR count). The number of aromatic nitrogens is 1. The molecule has 0 unspecified atom stereocenters. The van der Waals surface area contributed by atoms with Gasteiger partial charge in [0.15, 0.2) is 0 Å². The van der Waals surface area contributed by atoms with E-state index in [2.05, 4.69) is 4.98 Å². The molecule has 2 aliphatic rings. The Hall–Kier alpha value is -2.31. The monoisotopic (exact) mass is 417 g/mol. The number of amides is 2. The quantitative estimate of drug-likeness (QED) is 0.654. The summed E-state index contributed by atoms with van der Waals surface area (Å²) in [5.74, 6) is 0.594. The Kier molecular flexibility index (Phi) is 6.29. The number of anilines is 1. The third-order valence-electron chi connectivity index (χ3n) is 5.31. The number of likely N-dealkylation sites (tertiary alicyclic amines) is 1. The summed E-state index contributed by atoms with van der Waals surface area (Å²) >= 11 is 0. The molecule has 1 aliphatic heterocycles. The molecule has 1 aromatic heterocycles. The van der Waals surface area contributed by atoms with Crippen molar-refractivity contribution >= 4 is 18.0 Å². The molecule has 1 aromatic rings. The first-order chi connectivity index (χ1) is 14.0. The van der Waals surface area contributed by atoms with Crippen LogP contribution >= 0.6 is 0 Å². The van der Waals surface area contributed by atoms with E-state index >= 15 is 0 Å². The molecule has 7 nitrogen and oxygen atoms in total. The van der Waals surface area contributed by atoms with Crippen molar-refractivity contribution in [1.29, 1.82) is 0 Å². The average Bonchev–Trinajstić information content (AvgIpc) is 3.04. The molecular weight excluding hydrogens is 382 g/mol. The van der Waals surface area contributed by atoms with Crippen molar-refractivity contribution in [1.82, 2.24) is 9.88 Å². The van der Waals surface area contributed by atoms with E-state index in [1.807, 2.05) is 53.7 Å². The van der Waals surface area contributed by atoms with Crippen molar-refractivity contribution in [3.8, 4) is 0 Å². The molecule has 7 heteroatoms. The number of ether oxygens (including phenoxy) is 2. The first-order valence-electron chi connectivity index (χ1n) is 10.9. The van der Waals surface area contributed by atoms with Crippen molar-refractivity contribution in [3.63, 3.8) is 0 Å². The van der Waals surface area contributed by atoms with Crippen molar-refractivity contribution in [2.75, 3.05) is 11.4 Å². The Morgan fingerprint density at radius 2 is 1.70 bits per heavy atom. The van der Waals surface area contributed by atoms with Crippen LogP contribution in [0.2, 0.25) is 0 Å². The van der Waals surface area contributed by atoms with Crippen LogP contribution in [0.5, 0.6) is 0 Å². The van der Waals surface area contributed by atoms with Gasteiger partial charge in [-0.2, -0.15) is 0 Å². The van der Waals surface area contributed by atoms with Gasteiger partial charge in [0, 0.05) is 24.3 Å². The minimum absolute atomic E-state index is 0.0740. The number of nitrogens with zero attached hydrogens (tertiary/aromatic N) is 3. The topological polar surface area (TPSA) is 72.0 Å². The summed E-state index contributed by atoms with van der Waals surface area (Å²) in [7, 11) is 0. The van der Waals surface area contributed by atoms with Crippen LogP contribution in [0, 0.1) is 0 Å². The highest BCUT2D eigenvalue weighted by molar-refractivity contribution is 5.88. The van der Waals surface area contributed by atoms with Gasteiger partial charge in [-0.25, -0.2) is 14.6 Å². The standard InChI is InChI=1S/C23H35N3O4/c1-22(2,3)29-20(27)25-15-9-13-18(25)17-12-8-14-24-19(17)26(16-10-7-11-16)21(28)30-23(4,5)6/h8,12,14,16,18H,7,9-11,13,15H2,1-6H3/t18-/m1/s1. The zero-order chi connectivity index (χ0) is 22.1. The van der Waals surface area contributed by atoms with E-state index in [-0.39, 0.29) is 24.3 Å². The zero-order valence-corrected chi connectivity index (χ0v) is 19.1. The van der Waals surface area contributed by atoms with E-state index in [0.717, 1.165) is 37.7 Å². The fourth-order valence-electron chi connectivity index (χ4n) is 3.86. The fourth-order valence-corrected chi connectivity index (χ4v) is 3.86. The third-order valence-corrected chi connectivity index (χ3v) is 5.31. The highest BCUT2D eigenvalue weighted by Gasteiger charge is 2.39. The van der Waals surface area contributed by atoms with Crippen LogP contribution in [0.1, 0.15) is 85.3 Å². The number of hydrogen-bond donors (Lipinski definition) is 0. The minimum atomic E-state index is -0.593. The lowest BCUT2D eigenvalue weighted by molar-refractivity contribution is 0.0224.